The van der Waals surface area contributed by atoms with Crippen LogP contribution in [-0.2, 0) is 6.42 Å². The van der Waals surface area contributed by atoms with E-state index in [0.717, 1.165) is 44.9 Å². The van der Waals surface area contributed by atoms with Gasteiger partial charge in [0.2, 0.25) is 5.82 Å². The van der Waals surface area contributed by atoms with Gasteiger partial charge >= 0.3 is 0 Å². The summed E-state index contributed by atoms with van der Waals surface area (Å²) < 4.78 is 34.2. The zero-order valence-electron chi connectivity index (χ0n) is 21.7. The minimum absolute atomic E-state index is 0.0211. The van der Waals surface area contributed by atoms with Crippen LogP contribution >= 0.6 is 0 Å². The third kappa shape index (κ3) is 8.68. The molecule has 0 amide bonds. The second-order valence-electron chi connectivity index (χ2n) is 10.0. The van der Waals surface area contributed by atoms with E-state index in [4.69, 9.17) is 4.74 Å². The average Bonchev–Trinajstić information content (AvgIpc) is 2.89. The van der Waals surface area contributed by atoms with E-state index < -0.39 is 11.6 Å². The van der Waals surface area contributed by atoms with E-state index >= 15 is 0 Å². The maximum Gasteiger partial charge on any atom is 0.201 e. The van der Waals surface area contributed by atoms with Crippen LogP contribution in [0.25, 0.3) is 0 Å². The molecule has 0 bridgehead atoms. The van der Waals surface area contributed by atoms with Gasteiger partial charge in [0, 0.05) is 5.92 Å². The standard InChI is InChI=1S/C32H42F2O/c1-3-5-7-8-9-11-25-12-17-27(18-13-25)28-19-14-26(15-20-28)16-21-29-22-23-30(32(34)31(29)33)35-24-10-6-4-2/h12-13,17-18,22-23,26,28H,3-11,14-15,19-20,24H2,1-2H3/t26-,28-. The van der Waals surface area contributed by atoms with Crippen molar-refractivity contribution in [3.63, 3.8) is 0 Å². The lowest BCUT2D eigenvalue weighted by Crippen LogP contribution is -2.12. The summed E-state index contributed by atoms with van der Waals surface area (Å²) in [4.78, 5) is 0. The summed E-state index contributed by atoms with van der Waals surface area (Å²) in [6.07, 6.45) is 14.9. The molecule has 3 rings (SSSR count). The van der Waals surface area contributed by atoms with Crippen LogP contribution in [0.3, 0.4) is 0 Å². The average molecular weight is 481 g/mol. The molecule has 0 N–H and O–H groups in total. The number of unbranched alkanes of at least 4 members (excludes halogenated alkanes) is 6. The van der Waals surface area contributed by atoms with Gasteiger partial charge in [0.25, 0.3) is 0 Å². The predicted octanol–water partition coefficient (Wildman–Crippen LogP) is 9.37. The molecule has 0 atom stereocenters. The van der Waals surface area contributed by atoms with Gasteiger partial charge in [-0.25, -0.2) is 4.39 Å². The molecule has 0 radical (unpaired) electrons. The number of hydrogen-bond donors (Lipinski definition) is 0. The fraction of sp³-hybridized carbons (Fsp3) is 0.562. The smallest absolute Gasteiger partial charge is 0.201 e. The molecular formula is C32H42F2O. The third-order valence-electron chi connectivity index (χ3n) is 7.21. The number of aryl methyl sites for hydroxylation is 1. The van der Waals surface area contributed by atoms with Crippen LogP contribution in [0.5, 0.6) is 5.75 Å². The molecule has 0 heterocycles. The first-order valence-electron chi connectivity index (χ1n) is 13.8. The summed E-state index contributed by atoms with van der Waals surface area (Å²) in [6, 6.07) is 12.3. The maximum atomic E-state index is 14.5. The molecule has 0 aromatic heterocycles. The normalized spacial score (nSPS) is 17.6. The number of benzene rings is 2. The molecule has 2 aromatic carbocycles. The van der Waals surface area contributed by atoms with Crippen LogP contribution in [0, 0.1) is 29.4 Å². The van der Waals surface area contributed by atoms with Crippen molar-refractivity contribution in [1.82, 2.24) is 0 Å². The first-order valence-corrected chi connectivity index (χ1v) is 13.8. The van der Waals surface area contributed by atoms with Crippen LogP contribution in [-0.4, -0.2) is 6.61 Å². The van der Waals surface area contributed by atoms with Crippen molar-refractivity contribution < 1.29 is 13.5 Å². The minimum Gasteiger partial charge on any atom is -0.490 e. The van der Waals surface area contributed by atoms with Crippen molar-refractivity contribution in [2.45, 2.75) is 103 Å². The zero-order chi connectivity index (χ0) is 24.9. The summed E-state index contributed by atoms with van der Waals surface area (Å²) in [5.41, 5.74) is 2.99. The SMILES string of the molecule is CCCCCCCc1ccc([C@H]2CC[C@H](C#Cc3ccc(OCCCCC)c(F)c3F)CC2)cc1. The topological polar surface area (TPSA) is 9.23 Å². The van der Waals surface area contributed by atoms with Gasteiger partial charge in [-0.05, 0) is 74.1 Å². The van der Waals surface area contributed by atoms with Crippen molar-refractivity contribution in [2.75, 3.05) is 6.61 Å². The molecule has 0 spiro atoms. The van der Waals surface area contributed by atoms with Gasteiger partial charge in [-0.2, -0.15) is 4.39 Å². The maximum absolute atomic E-state index is 14.5. The van der Waals surface area contributed by atoms with Crippen molar-refractivity contribution in [1.29, 1.82) is 0 Å². The second kappa shape index (κ2) is 14.9. The Kier molecular flexibility index (Phi) is 11.6. The van der Waals surface area contributed by atoms with Gasteiger partial charge in [-0.3, -0.25) is 0 Å². The largest absolute Gasteiger partial charge is 0.490 e. The Morgan fingerprint density at radius 1 is 0.771 bits per heavy atom. The first kappa shape index (κ1) is 27.3. The van der Waals surface area contributed by atoms with E-state index in [1.807, 2.05) is 0 Å². The second-order valence-corrected chi connectivity index (χ2v) is 10.0. The van der Waals surface area contributed by atoms with Gasteiger partial charge in [0.05, 0.1) is 12.2 Å². The van der Waals surface area contributed by atoms with Crippen molar-refractivity contribution >= 4 is 0 Å². The molecule has 0 aliphatic heterocycles. The molecule has 1 saturated carbocycles. The lowest BCUT2D eigenvalue weighted by molar-refractivity contribution is 0.286. The molecule has 2 aromatic rings. The molecule has 1 nitrogen and oxygen atoms in total. The number of rotatable bonds is 12. The van der Waals surface area contributed by atoms with Crippen LogP contribution in [0.4, 0.5) is 8.78 Å². The van der Waals surface area contributed by atoms with Gasteiger partial charge in [0.15, 0.2) is 11.6 Å². The highest BCUT2D eigenvalue weighted by atomic mass is 19.2. The Hall–Kier alpha value is -2.34. The van der Waals surface area contributed by atoms with Crippen molar-refractivity contribution in [3.05, 3.63) is 64.7 Å². The summed E-state index contributed by atoms with van der Waals surface area (Å²) >= 11 is 0. The molecule has 3 heteroatoms. The molecule has 0 saturated heterocycles. The van der Waals surface area contributed by atoms with Crippen LogP contribution in [0.15, 0.2) is 36.4 Å². The minimum atomic E-state index is -0.929. The van der Waals surface area contributed by atoms with Crippen LogP contribution < -0.4 is 4.74 Å². The molecule has 1 aliphatic rings. The third-order valence-corrected chi connectivity index (χ3v) is 7.21. The zero-order valence-corrected chi connectivity index (χ0v) is 21.7. The lowest BCUT2D eigenvalue weighted by atomic mass is 9.78. The van der Waals surface area contributed by atoms with Crippen LogP contribution in [0.2, 0.25) is 0 Å². The highest BCUT2D eigenvalue weighted by molar-refractivity contribution is 5.41. The predicted molar refractivity (Wildman–Crippen MR) is 142 cm³/mol. The Morgan fingerprint density at radius 3 is 2.17 bits per heavy atom. The molecular weight excluding hydrogens is 438 g/mol. The quantitative estimate of drug-likeness (QED) is 0.217. The van der Waals surface area contributed by atoms with Crippen LogP contribution in [0.1, 0.15) is 114 Å². The fourth-order valence-electron chi connectivity index (χ4n) is 4.91. The van der Waals surface area contributed by atoms with Gasteiger partial charge in [-0.1, -0.05) is 88.5 Å². The molecule has 1 fully saturated rings. The van der Waals surface area contributed by atoms with E-state index in [1.165, 1.54) is 61.8 Å². The van der Waals surface area contributed by atoms with E-state index in [-0.39, 0.29) is 17.2 Å². The Bertz CT molecular complexity index is 946. The number of hydrogen-bond acceptors (Lipinski definition) is 1. The van der Waals surface area contributed by atoms with Gasteiger partial charge < -0.3 is 4.74 Å². The van der Waals surface area contributed by atoms with Gasteiger partial charge in [-0.15, -0.1) is 0 Å². The van der Waals surface area contributed by atoms with E-state index in [9.17, 15) is 8.78 Å². The Morgan fingerprint density at radius 2 is 1.46 bits per heavy atom. The Balaban J connectivity index is 1.47. The first-order chi connectivity index (χ1) is 17.1. The summed E-state index contributed by atoms with van der Waals surface area (Å²) in [6.45, 7) is 4.75. The van der Waals surface area contributed by atoms with Crippen molar-refractivity contribution in [3.8, 4) is 17.6 Å². The van der Waals surface area contributed by atoms with Crippen molar-refractivity contribution in [2.24, 2.45) is 5.92 Å². The molecule has 190 valence electrons. The highest BCUT2D eigenvalue weighted by Gasteiger charge is 2.21. The summed E-state index contributed by atoms with van der Waals surface area (Å²) in [7, 11) is 0. The fourth-order valence-corrected chi connectivity index (χ4v) is 4.91. The summed E-state index contributed by atoms with van der Waals surface area (Å²) in [5.74, 6) is 5.07. The van der Waals surface area contributed by atoms with E-state index in [2.05, 4.69) is 50.0 Å². The highest BCUT2D eigenvalue weighted by Crippen LogP contribution is 2.36. The lowest BCUT2D eigenvalue weighted by Gasteiger charge is -2.26. The molecule has 35 heavy (non-hydrogen) atoms. The number of halogens is 2. The van der Waals surface area contributed by atoms with Gasteiger partial charge in [0.1, 0.15) is 0 Å². The Labute approximate surface area is 211 Å². The summed E-state index contributed by atoms with van der Waals surface area (Å²) in [5, 5.41) is 0. The number of ether oxygens (including phenoxy) is 1. The monoisotopic (exact) mass is 480 g/mol. The van der Waals surface area contributed by atoms with E-state index in [1.54, 1.807) is 0 Å². The van der Waals surface area contributed by atoms with E-state index in [0.29, 0.717) is 12.5 Å². The molecule has 0 unspecified atom stereocenters. The molecule has 1 aliphatic carbocycles.